The fraction of sp³-hybridized carbons (Fsp3) is 0.185. The van der Waals surface area contributed by atoms with Crippen LogP contribution in [-0.4, -0.2) is 22.8 Å². The second-order valence-electron chi connectivity index (χ2n) is 8.32. The number of nitrogens with zero attached hydrogens (tertiary/aromatic N) is 3. The van der Waals surface area contributed by atoms with Crippen LogP contribution in [0.3, 0.4) is 0 Å². The van der Waals surface area contributed by atoms with Crippen molar-refractivity contribution < 1.29 is 9.53 Å². The van der Waals surface area contributed by atoms with Gasteiger partial charge in [0.2, 0.25) is 0 Å². The first kappa shape index (κ1) is 22.2. The van der Waals surface area contributed by atoms with Gasteiger partial charge < -0.3 is 10.1 Å². The number of aryl methyl sites for hydroxylation is 1. The average molecular weight is 517 g/mol. The zero-order chi connectivity index (χ0) is 23.8. The monoisotopic (exact) mass is 516 g/mol. The molecule has 0 fully saturated rings. The van der Waals surface area contributed by atoms with E-state index in [9.17, 15) is 4.79 Å². The lowest BCUT2D eigenvalue weighted by molar-refractivity contribution is 0.0975. The molecular formula is C27H25BrN4O2. The number of rotatable bonds is 5. The van der Waals surface area contributed by atoms with Crippen molar-refractivity contribution in [2.45, 2.75) is 26.6 Å². The van der Waals surface area contributed by atoms with Crippen molar-refractivity contribution in [3.63, 3.8) is 0 Å². The number of carbonyl (C=O) groups excluding carboxylic acids is 1. The Morgan fingerprint density at radius 3 is 2.47 bits per heavy atom. The molecule has 5 rings (SSSR count). The predicted octanol–water partition coefficient (Wildman–Crippen LogP) is 6.09. The zero-order valence-corrected chi connectivity index (χ0v) is 20.8. The number of hydrogen-bond donors (Lipinski definition) is 1. The molecule has 34 heavy (non-hydrogen) atoms. The summed E-state index contributed by atoms with van der Waals surface area (Å²) in [5, 5.41) is 8.24. The Morgan fingerprint density at radius 1 is 1.03 bits per heavy atom. The Morgan fingerprint density at radius 2 is 1.76 bits per heavy atom. The molecule has 6 nitrogen and oxygen atoms in total. The largest absolute Gasteiger partial charge is 0.496 e. The van der Waals surface area contributed by atoms with Crippen LogP contribution in [0.4, 0.5) is 11.4 Å². The summed E-state index contributed by atoms with van der Waals surface area (Å²) in [6, 6.07) is 23.4. The van der Waals surface area contributed by atoms with Crippen molar-refractivity contribution >= 4 is 33.2 Å². The van der Waals surface area contributed by atoms with Gasteiger partial charge in [-0.05, 0) is 71.7 Å². The molecule has 1 aliphatic heterocycles. The van der Waals surface area contributed by atoms with E-state index in [4.69, 9.17) is 4.74 Å². The van der Waals surface area contributed by atoms with Crippen LogP contribution in [0.1, 0.15) is 39.0 Å². The van der Waals surface area contributed by atoms with Crippen molar-refractivity contribution in [2.24, 2.45) is 0 Å². The highest BCUT2D eigenvalue weighted by Gasteiger charge is 2.34. The van der Waals surface area contributed by atoms with Gasteiger partial charge in [0.05, 0.1) is 35.1 Å². The number of anilines is 2. The lowest BCUT2D eigenvalue weighted by Crippen LogP contribution is -2.43. The molecule has 0 spiro atoms. The van der Waals surface area contributed by atoms with Gasteiger partial charge in [0.15, 0.2) is 0 Å². The number of amides is 1. The van der Waals surface area contributed by atoms with E-state index in [1.165, 1.54) is 0 Å². The number of methoxy groups -OCH3 is 1. The Bertz CT molecular complexity index is 1370. The maximum atomic E-state index is 13.6. The summed E-state index contributed by atoms with van der Waals surface area (Å²) in [5.74, 6) is 0.742. The normalized spacial score (nSPS) is 15.1. The lowest BCUT2D eigenvalue weighted by atomic mass is 10.0. The van der Waals surface area contributed by atoms with Gasteiger partial charge in [-0.2, -0.15) is 5.10 Å². The number of para-hydroxylation sites is 2. The van der Waals surface area contributed by atoms with Crippen molar-refractivity contribution in [3.05, 3.63) is 105 Å². The van der Waals surface area contributed by atoms with Crippen molar-refractivity contribution in [1.29, 1.82) is 0 Å². The topological polar surface area (TPSA) is 59.4 Å². The van der Waals surface area contributed by atoms with Crippen LogP contribution in [-0.2, 0) is 6.54 Å². The van der Waals surface area contributed by atoms with Gasteiger partial charge in [0.1, 0.15) is 11.9 Å². The van der Waals surface area contributed by atoms with Crippen LogP contribution in [0, 0.1) is 13.8 Å². The number of aromatic nitrogens is 2. The van der Waals surface area contributed by atoms with Gasteiger partial charge in [-0.3, -0.25) is 14.4 Å². The highest BCUT2D eigenvalue weighted by atomic mass is 79.9. The third-order valence-corrected chi connectivity index (χ3v) is 7.34. The molecule has 1 aromatic heterocycles. The van der Waals surface area contributed by atoms with Crippen LogP contribution >= 0.6 is 15.9 Å². The number of hydrogen-bond acceptors (Lipinski definition) is 4. The van der Waals surface area contributed by atoms with Crippen LogP contribution < -0.4 is 15.0 Å². The maximum Gasteiger partial charge on any atom is 0.262 e. The minimum absolute atomic E-state index is 0.0367. The fourth-order valence-corrected chi connectivity index (χ4v) is 4.71. The Hall–Kier alpha value is -3.58. The van der Waals surface area contributed by atoms with E-state index in [-0.39, 0.29) is 12.1 Å². The van der Waals surface area contributed by atoms with Gasteiger partial charge >= 0.3 is 0 Å². The second-order valence-corrected chi connectivity index (χ2v) is 9.11. The zero-order valence-electron chi connectivity index (χ0n) is 19.2. The summed E-state index contributed by atoms with van der Waals surface area (Å²) in [6.45, 7) is 4.57. The molecule has 0 aliphatic carbocycles. The smallest absolute Gasteiger partial charge is 0.262 e. The van der Waals surface area contributed by atoms with Gasteiger partial charge in [-0.15, -0.1) is 0 Å². The van der Waals surface area contributed by atoms with Gasteiger partial charge in [0.25, 0.3) is 5.91 Å². The molecule has 1 N–H and O–H groups in total. The molecule has 0 unspecified atom stereocenters. The van der Waals surface area contributed by atoms with E-state index in [0.29, 0.717) is 12.1 Å². The van der Waals surface area contributed by atoms with Gasteiger partial charge in [0, 0.05) is 16.9 Å². The Kier molecular flexibility index (Phi) is 5.87. The number of nitrogens with one attached hydrogen (secondary N) is 1. The molecule has 0 radical (unpaired) electrons. The quantitative estimate of drug-likeness (QED) is 0.348. The third kappa shape index (κ3) is 3.86. The summed E-state index contributed by atoms with van der Waals surface area (Å²) in [7, 11) is 1.67. The molecule has 1 aliphatic rings. The van der Waals surface area contributed by atoms with E-state index >= 15 is 0 Å². The number of fused-ring (bicyclic) bond motifs is 1. The standard InChI is InChI=1S/C27H25BrN4O2/c1-17-25(28)18(2)31(30-17)16-20-15-19(13-14-24(20)34-3)26-29-23-12-8-7-11-22(23)27(33)32(26)21-9-5-4-6-10-21/h4-15,26,29H,16H2,1-3H3/t26-/m0/s1. The summed E-state index contributed by atoms with van der Waals surface area (Å²) < 4.78 is 8.64. The van der Waals surface area contributed by atoms with E-state index in [1.807, 2.05) is 90.2 Å². The first-order valence-electron chi connectivity index (χ1n) is 11.1. The highest BCUT2D eigenvalue weighted by Crippen LogP contribution is 2.38. The molecule has 2 heterocycles. The minimum atomic E-state index is -0.373. The molecule has 7 heteroatoms. The Balaban J connectivity index is 1.60. The molecule has 1 atom stereocenters. The van der Waals surface area contributed by atoms with Crippen LogP contribution in [0.15, 0.2) is 77.3 Å². The summed E-state index contributed by atoms with van der Waals surface area (Å²) >= 11 is 3.61. The molecule has 3 aromatic carbocycles. The fourth-order valence-electron chi connectivity index (χ4n) is 4.42. The van der Waals surface area contributed by atoms with Crippen molar-refractivity contribution in [1.82, 2.24) is 9.78 Å². The maximum absolute atomic E-state index is 13.6. The summed E-state index contributed by atoms with van der Waals surface area (Å²) in [5.41, 5.74) is 6.25. The molecular weight excluding hydrogens is 492 g/mol. The number of carbonyl (C=O) groups is 1. The van der Waals surface area contributed by atoms with Crippen molar-refractivity contribution in [3.8, 4) is 5.75 Å². The summed E-state index contributed by atoms with van der Waals surface area (Å²) in [6.07, 6.45) is -0.373. The number of halogens is 1. The summed E-state index contributed by atoms with van der Waals surface area (Å²) in [4.78, 5) is 15.4. The highest BCUT2D eigenvalue weighted by molar-refractivity contribution is 9.10. The van der Waals surface area contributed by atoms with Crippen molar-refractivity contribution in [2.75, 3.05) is 17.3 Å². The molecule has 0 bridgehead atoms. The van der Waals surface area contributed by atoms with E-state index in [0.717, 1.165) is 44.1 Å². The SMILES string of the molecule is COc1ccc([C@H]2Nc3ccccc3C(=O)N2c2ccccc2)cc1Cn1nc(C)c(Br)c1C. The predicted molar refractivity (Wildman–Crippen MR) is 138 cm³/mol. The lowest BCUT2D eigenvalue weighted by Gasteiger charge is -2.38. The minimum Gasteiger partial charge on any atom is -0.496 e. The average Bonchev–Trinajstić information content (AvgIpc) is 3.10. The second kappa shape index (κ2) is 8.99. The molecule has 1 amide bonds. The van der Waals surface area contributed by atoms with E-state index in [2.05, 4.69) is 32.4 Å². The molecule has 0 saturated carbocycles. The third-order valence-electron chi connectivity index (χ3n) is 6.19. The van der Waals surface area contributed by atoms with E-state index < -0.39 is 0 Å². The number of benzene rings is 3. The van der Waals surface area contributed by atoms with Crippen LogP contribution in [0.5, 0.6) is 5.75 Å². The number of ether oxygens (including phenoxy) is 1. The van der Waals surface area contributed by atoms with Gasteiger partial charge in [-0.1, -0.05) is 36.4 Å². The van der Waals surface area contributed by atoms with Crippen LogP contribution in [0.25, 0.3) is 0 Å². The first-order valence-corrected chi connectivity index (χ1v) is 11.9. The van der Waals surface area contributed by atoms with Crippen LogP contribution in [0.2, 0.25) is 0 Å². The molecule has 0 saturated heterocycles. The van der Waals surface area contributed by atoms with E-state index in [1.54, 1.807) is 7.11 Å². The first-order chi connectivity index (χ1) is 16.5. The molecule has 172 valence electrons. The van der Waals surface area contributed by atoms with Gasteiger partial charge in [-0.25, -0.2) is 0 Å². The Labute approximate surface area is 207 Å². The molecule has 4 aromatic rings.